The van der Waals surface area contributed by atoms with Crippen LogP contribution in [-0.4, -0.2) is 23.3 Å². The van der Waals surface area contributed by atoms with Gasteiger partial charge in [-0.15, -0.1) is 0 Å². The fourth-order valence-electron chi connectivity index (χ4n) is 8.31. The maximum atomic E-state index is 14.0. The second-order valence-corrected chi connectivity index (χ2v) is 15.8. The van der Waals surface area contributed by atoms with Crippen LogP contribution in [0.2, 0.25) is 0 Å². The lowest BCUT2D eigenvalue weighted by atomic mass is 9.84. The Morgan fingerprint density at radius 2 is 1.02 bits per heavy atom. The lowest BCUT2D eigenvalue weighted by Gasteiger charge is -2.29. The number of carbonyl (C=O) groups is 2. The zero-order valence-electron chi connectivity index (χ0n) is 30.1. The van der Waals surface area contributed by atoms with Crippen LogP contribution in [0.5, 0.6) is 0 Å². The average Bonchev–Trinajstić information content (AvgIpc) is 3.10. The topological polar surface area (TPSA) is 37.4 Å². The number of aryl methyl sites for hydroxylation is 2. The van der Waals surface area contributed by atoms with Crippen LogP contribution >= 0.6 is 15.9 Å². The van der Waals surface area contributed by atoms with Crippen molar-refractivity contribution in [3.8, 4) is 0 Å². The molecule has 2 amide bonds. The molecule has 0 spiro atoms. The van der Waals surface area contributed by atoms with Gasteiger partial charge in [-0.3, -0.25) is 14.5 Å². The van der Waals surface area contributed by atoms with Gasteiger partial charge in [0.15, 0.2) is 0 Å². The summed E-state index contributed by atoms with van der Waals surface area (Å²) in [4.78, 5) is 29.2. The molecule has 0 aromatic heterocycles. The summed E-state index contributed by atoms with van der Waals surface area (Å²) in [6.45, 7) is 2.80. The van der Waals surface area contributed by atoms with Crippen LogP contribution in [-0.2, 0) is 12.8 Å². The van der Waals surface area contributed by atoms with E-state index in [0.717, 1.165) is 57.3 Å². The molecule has 48 heavy (non-hydrogen) atoms. The molecule has 0 N–H and O–H groups in total. The number of amides is 2. The highest BCUT2D eigenvalue weighted by molar-refractivity contribution is 9.10. The molecule has 0 saturated carbocycles. The summed E-state index contributed by atoms with van der Waals surface area (Å²) in [5.41, 5.74) is 4.17. The van der Waals surface area contributed by atoms with Crippen molar-refractivity contribution in [2.75, 3.05) is 6.54 Å². The van der Waals surface area contributed by atoms with Crippen molar-refractivity contribution >= 4 is 49.3 Å². The minimum absolute atomic E-state index is 0.111. The fourth-order valence-corrected chi connectivity index (χ4v) is 8.97. The Labute approximate surface area is 300 Å². The predicted molar refractivity (Wildman–Crippen MR) is 208 cm³/mol. The van der Waals surface area contributed by atoms with E-state index in [1.807, 2.05) is 18.2 Å². The molecule has 262 valence electrons. The molecule has 3 aromatic carbocycles. The average molecular weight is 717 g/mol. The second-order valence-electron chi connectivity index (χ2n) is 15.0. The number of imide groups is 1. The van der Waals surface area contributed by atoms with Gasteiger partial charge in [0.05, 0.1) is 5.56 Å². The van der Waals surface area contributed by atoms with E-state index in [-0.39, 0.29) is 11.8 Å². The molecule has 1 heterocycles. The summed E-state index contributed by atoms with van der Waals surface area (Å²) in [6.07, 6.45) is 34.4. The van der Waals surface area contributed by atoms with Crippen molar-refractivity contribution in [1.82, 2.24) is 4.90 Å². The van der Waals surface area contributed by atoms with Crippen molar-refractivity contribution in [3.05, 3.63) is 57.1 Å². The first-order chi connectivity index (χ1) is 23.6. The maximum absolute atomic E-state index is 14.0. The van der Waals surface area contributed by atoms with Crippen LogP contribution in [0.15, 0.2) is 34.8 Å². The summed E-state index contributed by atoms with van der Waals surface area (Å²) in [5, 5.41) is 3.89. The summed E-state index contributed by atoms with van der Waals surface area (Å²) in [6, 6.07) is 10.5. The molecule has 0 saturated heterocycles. The van der Waals surface area contributed by atoms with Gasteiger partial charge >= 0.3 is 0 Å². The molecule has 3 aromatic rings. The summed E-state index contributed by atoms with van der Waals surface area (Å²) >= 11 is 3.87. The Morgan fingerprint density at radius 1 is 0.562 bits per heavy atom. The second kappa shape index (κ2) is 19.9. The Balaban J connectivity index is 0.954. The molecule has 0 atom stereocenters. The summed E-state index contributed by atoms with van der Waals surface area (Å²) < 4.78 is 1.00. The highest BCUT2D eigenvalue weighted by Crippen LogP contribution is 2.43. The number of halogens is 1. The van der Waals surface area contributed by atoms with Crippen LogP contribution < -0.4 is 0 Å². The monoisotopic (exact) mass is 715 g/mol. The zero-order valence-corrected chi connectivity index (χ0v) is 31.7. The van der Waals surface area contributed by atoms with Gasteiger partial charge in [0.25, 0.3) is 11.8 Å². The van der Waals surface area contributed by atoms with Crippen molar-refractivity contribution in [2.45, 2.75) is 174 Å². The molecular weight excluding hydrogens is 654 g/mol. The smallest absolute Gasteiger partial charge is 0.262 e. The molecule has 0 fully saturated rings. The molecular formula is C44H62BrNO2. The van der Waals surface area contributed by atoms with E-state index in [1.54, 1.807) is 4.90 Å². The maximum Gasteiger partial charge on any atom is 0.262 e. The number of unbranched alkanes of at least 4 members (excludes halogenated alkanes) is 21. The van der Waals surface area contributed by atoms with E-state index in [9.17, 15) is 9.59 Å². The molecule has 5 rings (SSSR count). The molecule has 2 aliphatic rings. The van der Waals surface area contributed by atoms with Gasteiger partial charge in [0.1, 0.15) is 0 Å². The van der Waals surface area contributed by atoms with Crippen LogP contribution in [0.25, 0.3) is 21.5 Å². The molecule has 4 heteroatoms. The third kappa shape index (κ3) is 9.73. The predicted octanol–water partition coefficient (Wildman–Crippen LogP) is 13.8. The number of nitrogens with zero attached hydrogens (tertiary/aromatic N) is 1. The number of carbonyl (C=O) groups excluding carboxylic acids is 2. The largest absolute Gasteiger partial charge is 0.274 e. The molecule has 1 aliphatic carbocycles. The van der Waals surface area contributed by atoms with Crippen LogP contribution in [0.1, 0.15) is 193 Å². The number of hydrogen-bond donors (Lipinski definition) is 0. The first-order valence-electron chi connectivity index (χ1n) is 20.2. The minimum atomic E-state index is -0.134. The molecule has 0 bridgehead atoms. The molecule has 0 radical (unpaired) electrons. The molecule has 1 aliphatic heterocycles. The first-order valence-corrected chi connectivity index (χ1v) is 21.0. The van der Waals surface area contributed by atoms with E-state index in [1.165, 1.54) is 152 Å². The number of fused-ring (bicyclic) bond motifs is 3. The minimum Gasteiger partial charge on any atom is -0.274 e. The zero-order chi connectivity index (χ0) is 33.6. The Kier molecular flexibility index (Phi) is 15.3. The highest BCUT2D eigenvalue weighted by Gasteiger charge is 2.35. The van der Waals surface area contributed by atoms with Gasteiger partial charge in [-0.25, -0.2) is 0 Å². The standard InChI is InChI=1S/C44H62BrNO2/c1-2-3-4-5-6-7-8-9-10-11-12-13-14-15-16-17-18-19-20-21-22-25-31-46-43(47)37-30-26-29-36-40(37)41(44(46)48)38-32-34-27-23-24-28-35(34)33-39(38)42(36)45/h26,29-30,32-33H,2-25,27-28,31H2,1H3. The van der Waals surface area contributed by atoms with Crippen LogP contribution in [0, 0.1) is 0 Å². The van der Waals surface area contributed by atoms with E-state index >= 15 is 0 Å². The first kappa shape index (κ1) is 37.1. The van der Waals surface area contributed by atoms with Gasteiger partial charge in [-0.1, -0.05) is 160 Å². The van der Waals surface area contributed by atoms with Crippen molar-refractivity contribution in [2.24, 2.45) is 0 Å². The Hall–Kier alpha value is -2.20. The fraction of sp³-hybridized carbons (Fsp3) is 0.636. The van der Waals surface area contributed by atoms with E-state index in [4.69, 9.17) is 0 Å². The van der Waals surface area contributed by atoms with Crippen molar-refractivity contribution in [1.29, 1.82) is 0 Å². The van der Waals surface area contributed by atoms with Gasteiger partial charge < -0.3 is 0 Å². The lowest BCUT2D eigenvalue weighted by molar-refractivity contribution is 0.0609. The van der Waals surface area contributed by atoms with Gasteiger partial charge in [0.2, 0.25) is 0 Å². The van der Waals surface area contributed by atoms with Gasteiger partial charge in [-0.05, 0) is 87.5 Å². The van der Waals surface area contributed by atoms with Gasteiger partial charge in [-0.2, -0.15) is 0 Å². The number of hydrogen-bond acceptors (Lipinski definition) is 2. The third-order valence-corrected chi connectivity index (χ3v) is 12.1. The van der Waals surface area contributed by atoms with E-state index < -0.39 is 0 Å². The quantitative estimate of drug-likeness (QED) is 0.0557. The van der Waals surface area contributed by atoms with Gasteiger partial charge in [0, 0.05) is 22.0 Å². The highest BCUT2D eigenvalue weighted by atomic mass is 79.9. The van der Waals surface area contributed by atoms with Crippen molar-refractivity contribution < 1.29 is 9.59 Å². The number of benzene rings is 3. The van der Waals surface area contributed by atoms with E-state index in [0.29, 0.717) is 12.1 Å². The number of rotatable bonds is 23. The third-order valence-electron chi connectivity index (χ3n) is 11.2. The summed E-state index contributed by atoms with van der Waals surface area (Å²) in [7, 11) is 0. The normalized spacial score (nSPS) is 14.4. The summed E-state index contributed by atoms with van der Waals surface area (Å²) in [5.74, 6) is -0.244. The van der Waals surface area contributed by atoms with Crippen molar-refractivity contribution in [3.63, 3.8) is 0 Å². The van der Waals surface area contributed by atoms with Crippen LogP contribution in [0.4, 0.5) is 0 Å². The Bertz CT molecular complexity index is 1490. The Morgan fingerprint density at radius 3 is 1.52 bits per heavy atom. The van der Waals surface area contributed by atoms with Crippen LogP contribution in [0.3, 0.4) is 0 Å². The molecule has 0 unspecified atom stereocenters. The SMILES string of the molecule is CCCCCCCCCCCCCCCCCCCCCCCCN1C(=O)c2cccc3c(Br)c4cc5c(cc4c(c23)C1=O)CCCC5. The lowest BCUT2D eigenvalue weighted by Crippen LogP contribution is -2.41. The van der Waals surface area contributed by atoms with E-state index in [2.05, 4.69) is 35.0 Å². The molecule has 3 nitrogen and oxygen atoms in total.